The van der Waals surface area contributed by atoms with Crippen LogP contribution in [0.25, 0.3) is 5.52 Å². The summed E-state index contributed by atoms with van der Waals surface area (Å²) in [5.41, 5.74) is 2.38. The summed E-state index contributed by atoms with van der Waals surface area (Å²) in [5, 5.41) is 0. The Kier molecular flexibility index (Phi) is 2.09. The fourth-order valence-corrected chi connectivity index (χ4v) is 2.53. The van der Waals surface area contributed by atoms with Gasteiger partial charge in [-0.05, 0) is 47.8 Å². The zero-order valence-electron chi connectivity index (χ0n) is 8.70. The minimum Gasteiger partial charge on any atom is -0.302 e. The van der Waals surface area contributed by atoms with Crippen LogP contribution in [-0.4, -0.2) is 9.38 Å². The van der Waals surface area contributed by atoms with Crippen molar-refractivity contribution in [3.05, 3.63) is 34.3 Å². The maximum Gasteiger partial charge on any atom is 0.116 e. The smallest absolute Gasteiger partial charge is 0.116 e. The third kappa shape index (κ3) is 1.41. The molecule has 1 saturated carbocycles. The van der Waals surface area contributed by atoms with E-state index in [-0.39, 0.29) is 0 Å². The second-order valence-electron chi connectivity index (χ2n) is 4.29. The summed E-state index contributed by atoms with van der Waals surface area (Å²) in [6.07, 6.45) is 6.08. The first kappa shape index (κ1) is 9.40. The zero-order chi connectivity index (χ0) is 10.4. The van der Waals surface area contributed by atoms with Crippen molar-refractivity contribution in [2.24, 2.45) is 0 Å². The lowest BCUT2D eigenvalue weighted by Gasteiger charge is -2.24. The van der Waals surface area contributed by atoms with Gasteiger partial charge in [0.25, 0.3) is 0 Å². The van der Waals surface area contributed by atoms with Gasteiger partial charge < -0.3 is 4.40 Å². The van der Waals surface area contributed by atoms with Crippen LogP contribution in [0.5, 0.6) is 0 Å². The van der Waals surface area contributed by atoms with Crippen molar-refractivity contribution in [2.45, 2.75) is 32.1 Å². The molecule has 2 aromatic rings. The van der Waals surface area contributed by atoms with E-state index in [1.807, 2.05) is 0 Å². The molecule has 0 unspecified atom stereocenters. The van der Waals surface area contributed by atoms with Gasteiger partial charge in [-0.3, -0.25) is 0 Å². The van der Waals surface area contributed by atoms with E-state index in [1.165, 1.54) is 30.6 Å². The van der Waals surface area contributed by atoms with Crippen LogP contribution < -0.4 is 0 Å². The van der Waals surface area contributed by atoms with E-state index in [4.69, 9.17) is 4.98 Å². The molecule has 78 valence electrons. The Morgan fingerprint density at radius 1 is 1.40 bits per heavy atom. The van der Waals surface area contributed by atoms with Crippen molar-refractivity contribution >= 4 is 21.4 Å². The van der Waals surface area contributed by atoms with Crippen LogP contribution in [0.3, 0.4) is 0 Å². The first-order valence-corrected chi connectivity index (χ1v) is 6.19. The predicted molar refractivity (Wildman–Crippen MR) is 64.2 cm³/mol. The molecule has 3 rings (SSSR count). The molecular formula is C12H13BrN2. The topological polar surface area (TPSA) is 17.3 Å². The largest absolute Gasteiger partial charge is 0.302 e. The van der Waals surface area contributed by atoms with Gasteiger partial charge in [0, 0.05) is 16.6 Å². The number of pyridine rings is 1. The average molecular weight is 265 g/mol. The molecule has 0 atom stereocenters. The molecule has 2 heterocycles. The fraction of sp³-hybridized carbons (Fsp3) is 0.417. The molecule has 0 saturated heterocycles. The van der Waals surface area contributed by atoms with Crippen molar-refractivity contribution in [3.8, 4) is 0 Å². The van der Waals surface area contributed by atoms with Crippen LogP contribution in [0.4, 0.5) is 0 Å². The number of rotatable bonds is 1. The number of hydrogen-bond acceptors (Lipinski definition) is 1. The highest BCUT2D eigenvalue weighted by atomic mass is 79.9. The van der Waals surface area contributed by atoms with Crippen LogP contribution >= 0.6 is 15.9 Å². The maximum absolute atomic E-state index is 4.70. The molecule has 2 nitrogen and oxygen atoms in total. The highest BCUT2D eigenvalue weighted by Gasteiger charge is 2.24. The lowest BCUT2D eigenvalue weighted by Crippen LogP contribution is -2.12. The molecule has 0 N–H and O–H groups in total. The van der Waals surface area contributed by atoms with Gasteiger partial charge in [0.2, 0.25) is 0 Å². The first-order chi connectivity index (χ1) is 7.25. The first-order valence-electron chi connectivity index (χ1n) is 5.40. The summed E-state index contributed by atoms with van der Waals surface area (Å²) in [6, 6.07) is 4.21. The van der Waals surface area contributed by atoms with Crippen LogP contribution in [0.2, 0.25) is 0 Å². The Labute approximate surface area is 97.5 Å². The molecule has 1 aliphatic rings. The highest BCUT2D eigenvalue weighted by Crippen LogP contribution is 2.36. The SMILES string of the molecule is Cc1nc(C2CCC2)n2cc(Br)ccc12. The highest BCUT2D eigenvalue weighted by molar-refractivity contribution is 9.10. The number of halogens is 1. The summed E-state index contributed by atoms with van der Waals surface area (Å²) in [6.45, 7) is 2.09. The van der Waals surface area contributed by atoms with Gasteiger partial charge in [-0.1, -0.05) is 6.42 Å². The van der Waals surface area contributed by atoms with Gasteiger partial charge in [-0.15, -0.1) is 0 Å². The summed E-state index contributed by atoms with van der Waals surface area (Å²) < 4.78 is 3.36. The van der Waals surface area contributed by atoms with Crippen LogP contribution in [-0.2, 0) is 0 Å². The van der Waals surface area contributed by atoms with Gasteiger partial charge in [0.1, 0.15) is 5.82 Å². The van der Waals surface area contributed by atoms with Crippen LogP contribution in [0.15, 0.2) is 22.8 Å². The monoisotopic (exact) mass is 264 g/mol. The van der Waals surface area contributed by atoms with Crippen molar-refractivity contribution < 1.29 is 0 Å². The minimum atomic E-state index is 0.681. The predicted octanol–water partition coefficient (Wildman–Crippen LogP) is 3.67. The minimum absolute atomic E-state index is 0.681. The number of nitrogens with zero attached hydrogens (tertiary/aromatic N) is 2. The van der Waals surface area contributed by atoms with E-state index < -0.39 is 0 Å². The molecular weight excluding hydrogens is 252 g/mol. The standard InChI is InChI=1S/C12H13BrN2/c1-8-11-6-5-10(13)7-15(11)12(14-8)9-3-2-4-9/h5-7,9H,2-4H2,1H3. The van der Waals surface area contributed by atoms with Crippen LogP contribution in [0.1, 0.15) is 36.7 Å². The van der Waals surface area contributed by atoms with Crippen molar-refractivity contribution in [1.82, 2.24) is 9.38 Å². The zero-order valence-corrected chi connectivity index (χ0v) is 10.3. The second-order valence-corrected chi connectivity index (χ2v) is 5.20. The van der Waals surface area contributed by atoms with Crippen molar-refractivity contribution in [1.29, 1.82) is 0 Å². The molecule has 0 aromatic carbocycles. The Morgan fingerprint density at radius 3 is 2.87 bits per heavy atom. The molecule has 15 heavy (non-hydrogen) atoms. The van der Waals surface area contributed by atoms with Crippen molar-refractivity contribution in [3.63, 3.8) is 0 Å². The molecule has 0 amide bonds. The summed E-state index contributed by atoms with van der Waals surface area (Å²) in [7, 11) is 0. The fourth-order valence-electron chi connectivity index (χ4n) is 2.20. The molecule has 0 spiro atoms. The normalized spacial score (nSPS) is 16.9. The molecule has 0 bridgehead atoms. The third-order valence-electron chi connectivity index (χ3n) is 3.28. The van der Waals surface area contributed by atoms with E-state index >= 15 is 0 Å². The van der Waals surface area contributed by atoms with E-state index in [1.54, 1.807) is 0 Å². The Balaban J connectivity index is 2.24. The van der Waals surface area contributed by atoms with Crippen LogP contribution in [0, 0.1) is 6.92 Å². The number of hydrogen-bond donors (Lipinski definition) is 0. The maximum atomic E-state index is 4.70. The lowest BCUT2D eigenvalue weighted by molar-refractivity contribution is 0.400. The van der Waals surface area contributed by atoms with Gasteiger partial charge in [0.15, 0.2) is 0 Å². The molecule has 1 fully saturated rings. The molecule has 3 heteroatoms. The second kappa shape index (κ2) is 3.34. The van der Waals surface area contributed by atoms with Gasteiger partial charge in [-0.2, -0.15) is 0 Å². The molecule has 2 aromatic heterocycles. The van der Waals surface area contributed by atoms with E-state index in [9.17, 15) is 0 Å². The molecule has 0 aliphatic heterocycles. The van der Waals surface area contributed by atoms with Gasteiger partial charge in [-0.25, -0.2) is 4.98 Å². The Morgan fingerprint density at radius 2 is 2.20 bits per heavy atom. The quantitative estimate of drug-likeness (QED) is 0.769. The summed E-state index contributed by atoms with van der Waals surface area (Å²) >= 11 is 3.52. The summed E-state index contributed by atoms with van der Waals surface area (Å²) in [4.78, 5) is 4.70. The molecule has 1 aliphatic carbocycles. The third-order valence-corrected chi connectivity index (χ3v) is 3.75. The van der Waals surface area contributed by atoms with E-state index in [0.717, 1.165) is 10.2 Å². The van der Waals surface area contributed by atoms with E-state index in [2.05, 4.69) is 45.6 Å². The summed E-state index contributed by atoms with van der Waals surface area (Å²) in [5.74, 6) is 1.93. The van der Waals surface area contributed by atoms with Gasteiger partial charge >= 0.3 is 0 Å². The van der Waals surface area contributed by atoms with Crippen molar-refractivity contribution in [2.75, 3.05) is 0 Å². The number of fused-ring (bicyclic) bond motifs is 1. The van der Waals surface area contributed by atoms with E-state index in [0.29, 0.717) is 5.92 Å². The number of imidazole rings is 1. The number of aryl methyl sites for hydroxylation is 1. The average Bonchev–Trinajstić information content (AvgIpc) is 2.41. The Bertz CT molecular complexity index is 512. The molecule has 0 radical (unpaired) electrons. The number of aromatic nitrogens is 2. The van der Waals surface area contributed by atoms with Gasteiger partial charge in [0.05, 0.1) is 11.2 Å². The Hall–Kier alpha value is -0.830. The lowest BCUT2D eigenvalue weighted by atomic mass is 9.85.